The molecule has 0 saturated heterocycles. The molecule has 0 saturated carbocycles. The first kappa shape index (κ1) is 8.78. The fourth-order valence-electron chi connectivity index (χ4n) is 1.65. The summed E-state index contributed by atoms with van der Waals surface area (Å²) in [5, 5.41) is 18.1. The van der Waals surface area contributed by atoms with Crippen molar-refractivity contribution in [3.05, 3.63) is 36.5 Å². The summed E-state index contributed by atoms with van der Waals surface area (Å²) in [5.74, 6) is -1.20. The fourth-order valence-corrected chi connectivity index (χ4v) is 1.65. The summed E-state index contributed by atoms with van der Waals surface area (Å²) in [7, 11) is 0. The Kier molecular flexibility index (Phi) is 1.64. The maximum atomic E-state index is 10.9. The van der Waals surface area contributed by atoms with Crippen LogP contribution in [0.5, 0.6) is 0 Å². The summed E-state index contributed by atoms with van der Waals surface area (Å²) in [6, 6.07) is 3.64. The van der Waals surface area contributed by atoms with Gasteiger partial charge in [-0.25, -0.2) is 4.79 Å². The van der Waals surface area contributed by atoms with E-state index in [2.05, 4.69) is 15.2 Å². The standard InChI is InChI=1S/C10H6N4O2/c15-10(16)9-13-12-8-7-5-11-3-1-6(7)2-4-14(8)9/h1-5H,(H,15,16). The number of carboxylic acids is 1. The first-order valence-electron chi connectivity index (χ1n) is 4.58. The van der Waals surface area contributed by atoms with E-state index in [-0.39, 0.29) is 5.82 Å². The molecule has 0 aliphatic carbocycles. The molecule has 0 bridgehead atoms. The summed E-state index contributed by atoms with van der Waals surface area (Å²) >= 11 is 0. The molecule has 3 rings (SSSR count). The van der Waals surface area contributed by atoms with Crippen LogP contribution in [0.15, 0.2) is 30.7 Å². The molecule has 0 aliphatic rings. The predicted molar refractivity (Wildman–Crippen MR) is 55.2 cm³/mol. The van der Waals surface area contributed by atoms with E-state index in [1.54, 1.807) is 24.7 Å². The number of fused-ring (bicyclic) bond motifs is 3. The minimum absolute atomic E-state index is 0.0965. The van der Waals surface area contributed by atoms with Crippen LogP contribution in [0.25, 0.3) is 16.4 Å². The molecule has 0 fully saturated rings. The molecule has 0 aromatic carbocycles. The average Bonchev–Trinajstić information content (AvgIpc) is 2.73. The minimum Gasteiger partial charge on any atom is -0.475 e. The molecule has 0 aliphatic heterocycles. The molecule has 16 heavy (non-hydrogen) atoms. The molecule has 3 heterocycles. The molecular weight excluding hydrogens is 208 g/mol. The van der Waals surface area contributed by atoms with E-state index >= 15 is 0 Å². The smallest absolute Gasteiger partial charge is 0.374 e. The van der Waals surface area contributed by atoms with Crippen LogP contribution < -0.4 is 0 Å². The van der Waals surface area contributed by atoms with E-state index < -0.39 is 5.97 Å². The fraction of sp³-hybridized carbons (Fsp3) is 0. The van der Waals surface area contributed by atoms with Gasteiger partial charge < -0.3 is 5.11 Å². The Morgan fingerprint density at radius 3 is 3.00 bits per heavy atom. The monoisotopic (exact) mass is 214 g/mol. The van der Waals surface area contributed by atoms with Gasteiger partial charge in [0.1, 0.15) is 0 Å². The van der Waals surface area contributed by atoms with Crippen molar-refractivity contribution in [2.45, 2.75) is 0 Å². The van der Waals surface area contributed by atoms with Crippen LogP contribution in [0.1, 0.15) is 10.6 Å². The van der Waals surface area contributed by atoms with Gasteiger partial charge in [0.2, 0.25) is 5.82 Å². The van der Waals surface area contributed by atoms with Gasteiger partial charge in [-0.05, 0) is 17.5 Å². The second kappa shape index (κ2) is 2.99. The third kappa shape index (κ3) is 1.07. The molecule has 0 atom stereocenters. The van der Waals surface area contributed by atoms with Crippen LogP contribution in [-0.4, -0.2) is 30.7 Å². The second-order valence-electron chi connectivity index (χ2n) is 3.30. The topological polar surface area (TPSA) is 80.4 Å². The number of carboxylic acid groups (broad SMARTS) is 1. The minimum atomic E-state index is -1.10. The van der Waals surface area contributed by atoms with Crippen LogP contribution in [0, 0.1) is 0 Å². The Hall–Kier alpha value is -2.50. The van der Waals surface area contributed by atoms with E-state index in [0.717, 1.165) is 10.8 Å². The lowest BCUT2D eigenvalue weighted by Crippen LogP contribution is -2.03. The van der Waals surface area contributed by atoms with Crippen molar-refractivity contribution < 1.29 is 9.90 Å². The van der Waals surface area contributed by atoms with Crippen molar-refractivity contribution >= 4 is 22.4 Å². The lowest BCUT2D eigenvalue weighted by Gasteiger charge is -1.99. The summed E-state index contributed by atoms with van der Waals surface area (Å²) in [5.41, 5.74) is 0.503. The summed E-state index contributed by atoms with van der Waals surface area (Å²) < 4.78 is 1.44. The van der Waals surface area contributed by atoms with Gasteiger partial charge in [0.15, 0.2) is 5.65 Å². The molecule has 1 N–H and O–H groups in total. The number of pyridine rings is 2. The van der Waals surface area contributed by atoms with Crippen LogP contribution >= 0.6 is 0 Å². The third-order valence-electron chi connectivity index (χ3n) is 2.39. The predicted octanol–water partition coefficient (Wildman–Crippen LogP) is 0.976. The quantitative estimate of drug-likeness (QED) is 0.653. The largest absolute Gasteiger partial charge is 0.475 e. The van der Waals surface area contributed by atoms with E-state index in [0.29, 0.717) is 5.65 Å². The lowest BCUT2D eigenvalue weighted by molar-refractivity contribution is 0.0682. The number of hydrogen-bond acceptors (Lipinski definition) is 4. The first-order chi connectivity index (χ1) is 7.77. The highest BCUT2D eigenvalue weighted by Gasteiger charge is 2.13. The van der Waals surface area contributed by atoms with E-state index in [1.165, 1.54) is 4.40 Å². The van der Waals surface area contributed by atoms with Gasteiger partial charge in [-0.2, -0.15) is 0 Å². The SMILES string of the molecule is O=C(O)c1nnc2c3cnccc3ccn12. The maximum absolute atomic E-state index is 10.9. The van der Waals surface area contributed by atoms with E-state index in [9.17, 15) is 4.79 Å². The Morgan fingerprint density at radius 1 is 1.31 bits per heavy atom. The van der Waals surface area contributed by atoms with Gasteiger partial charge in [0, 0.05) is 24.0 Å². The van der Waals surface area contributed by atoms with Crippen molar-refractivity contribution in [1.82, 2.24) is 19.6 Å². The molecule has 78 valence electrons. The molecule has 0 unspecified atom stereocenters. The van der Waals surface area contributed by atoms with Gasteiger partial charge >= 0.3 is 5.97 Å². The lowest BCUT2D eigenvalue weighted by atomic mass is 10.2. The van der Waals surface area contributed by atoms with Gasteiger partial charge in [-0.1, -0.05) is 0 Å². The normalized spacial score (nSPS) is 11.0. The summed E-state index contributed by atoms with van der Waals surface area (Å²) in [6.45, 7) is 0. The molecule has 6 heteroatoms. The highest BCUT2D eigenvalue weighted by Crippen LogP contribution is 2.17. The van der Waals surface area contributed by atoms with Crippen molar-refractivity contribution in [3.8, 4) is 0 Å². The number of aromatic nitrogens is 4. The van der Waals surface area contributed by atoms with Crippen molar-refractivity contribution in [2.75, 3.05) is 0 Å². The highest BCUT2D eigenvalue weighted by molar-refractivity contribution is 5.94. The van der Waals surface area contributed by atoms with E-state index in [1.807, 2.05) is 6.07 Å². The van der Waals surface area contributed by atoms with Crippen LogP contribution in [-0.2, 0) is 0 Å². The zero-order valence-corrected chi connectivity index (χ0v) is 8.03. The van der Waals surface area contributed by atoms with Crippen molar-refractivity contribution in [2.24, 2.45) is 0 Å². The molecule has 0 radical (unpaired) electrons. The van der Waals surface area contributed by atoms with Gasteiger partial charge in [-0.15, -0.1) is 10.2 Å². The second-order valence-corrected chi connectivity index (χ2v) is 3.30. The zero-order chi connectivity index (χ0) is 11.1. The molecular formula is C10H6N4O2. The van der Waals surface area contributed by atoms with E-state index in [4.69, 9.17) is 5.11 Å². The molecule has 0 amide bonds. The molecule has 6 nitrogen and oxygen atoms in total. The summed E-state index contributed by atoms with van der Waals surface area (Å²) in [4.78, 5) is 14.9. The Morgan fingerprint density at radius 2 is 2.19 bits per heavy atom. The number of aromatic carboxylic acids is 1. The van der Waals surface area contributed by atoms with Gasteiger partial charge in [0.05, 0.1) is 0 Å². The molecule has 0 spiro atoms. The first-order valence-corrected chi connectivity index (χ1v) is 4.58. The summed E-state index contributed by atoms with van der Waals surface area (Å²) in [6.07, 6.45) is 4.96. The van der Waals surface area contributed by atoms with Crippen LogP contribution in [0.3, 0.4) is 0 Å². The van der Waals surface area contributed by atoms with Crippen LogP contribution in [0.2, 0.25) is 0 Å². The molecule has 3 aromatic rings. The molecule has 3 aromatic heterocycles. The number of hydrogen-bond donors (Lipinski definition) is 1. The number of nitrogens with zero attached hydrogens (tertiary/aromatic N) is 4. The Labute approximate surface area is 89.2 Å². The van der Waals surface area contributed by atoms with Gasteiger partial charge in [0.25, 0.3) is 0 Å². The Balaban J connectivity index is 2.49. The number of rotatable bonds is 1. The number of carbonyl (C=O) groups is 1. The highest BCUT2D eigenvalue weighted by atomic mass is 16.4. The Bertz CT molecular complexity index is 704. The zero-order valence-electron chi connectivity index (χ0n) is 8.03. The van der Waals surface area contributed by atoms with Crippen molar-refractivity contribution in [3.63, 3.8) is 0 Å². The van der Waals surface area contributed by atoms with Gasteiger partial charge in [-0.3, -0.25) is 9.38 Å². The van der Waals surface area contributed by atoms with Crippen molar-refractivity contribution in [1.29, 1.82) is 0 Å². The average molecular weight is 214 g/mol. The maximum Gasteiger partial charge on any atom is 0.374 e. The van der Waals surface area contributed by atoms with Crippen LogP contribution in [0.4, 0.5) is 0 Å². The third-order valence-corrected chi connectivity index (χ3v) is 2.39.